The molecule has 2 unspecified atom stereocenters. The van der Waals surface area contributed by atoms with Gasteiger partial charge in [-0.15, -0.1) is 0 Å². The average molecular weight is 209 g/mol. The second kappa shape index (κ2) is 5.40. The number of rotatable bonds is 3. The van der Waals surface area contributed by atoms with E-state index in [2.05, 4.69) is 17.2 Å². The lowest BCUT2D eigenvalue weighted by molar-refractivity contribution is -0.143. The zero-order valence-corrected chi connectivity index (χ0v) is 8.75. The number of aliphatic carboxylic acids is 1. The van der Waals surface area contributed by atoms with Crippen LogP contribution < -0.4 is 5.32 Å². The van der Waals surface area contributed by atoms with Crippen molar-refractivity contribution < 1.29 is 14.7 Å². The summed E-state index contributed by atoms with van der Waals surface area (Å²) >= 11 is 0. The molecule has 1 saturated carbocycles. The van der Waals surface area contributed by atoms with Gasteiger partial charge in [-0.1, -0.05) is 12.3 Å². The second-order valence-electron chi connectivity index (χ2n) is 3.72. The molecular weight excluding hydrogens is 194 g/mol. The van der Waals surface area contributed by atoms with Gasteiger partial charge in [-0.2, -0.15) is 0 Å². The van der Waals surface area contributed by atoms with Gasteiger partial charge in [0.15, 0.2) is 0 Å². The van der Waals surface area contributed by atoms with Crippen molar-refractivity contribution in [3.8, 4) is 11.8 Å². The molecule has 0 saturated heterocycles. The van der Waals surface area contributed by atoms with E-state index in [0.717, 1.165) is 19.3 Å². The molecule has 15 heavy (non-hydrogen) atoms. The maximum absolute atomic E-state index is 11.0. The first-order valence-electron chi connectivity index (χ1n) is 5.08. The first-order valence-corrected chi connectivity index (χ1v) is 5.08. The quantitative estimate of drug-likeness (QED) is 0.670. The van der Waals surface area contributed by atoms with Crippen LogP contribution in [-0.4, -0.2) is 23.5 Å². The summed E-state index contributed by atoms with van der Waals surface area (Å²) in [5.74, 6) is 3.54. The predicted molar refractivity (Wildman–Crippen MR) is 54.9 cm³/mol. The molecule has 0 heterocycles. The minimum atomic E-state index is -0.756. The highest BCUT2D eigenvalue weighted by Crippen LogP contribution is 2.31. The van der Waals surface area contributed by atoms with Gasteiger partial charge >= 0.3 is 5.97 Å². The molecule has 1 aliphatic carbocycles. The van der Waals surface area contributed by atoms with E-state index in [1.807, 2.05) is 0 Å². The van der Waals surface area contributed by atoms with Crippen molar-refractivity contribution in [2.75, 3.05) is 6.54 Å². The van der Waals surface area contributed by atoms with Crippen LogP contribution in [0.3, 0.4) is 0 Å². The highest BCUT2D eigenvalue weighted by atomic mass is 16.4. The molecule has 2 atom stereocenters. The number of hydrogen-bond acceptors (Lipinski definition) is 2. The molecular formula is C11H15NO3. The minimum Gasteiger partial charge on any atom is -0.481 e. The van der Waals surface area contributed by atoms with Gasteiger partial charge in [0.1, 0.15) is 0 Å². The van der Waals surface area contributed by atoms with Crippen LogP contribution >= 0.6 is 0 Å². The number of nitrogens with one attached hydrogen (secondary N) is 1. The van der Waals surface area contributed by atoms with E-state index in [4.69, 9.17) is 5.11 Å². The summed E-state index contributed by atoms with van der Waals surface area (Å²) < 4.78 is 0. The van der Waals surface area contributed by atoms with E-state index in [-0.39, 0.29) is 17.7 Å². The smallest absolute Gasteiger partial charge is 0.306 e. The average Bonchev–Trinajstić information content (AvgIpc) is 2.63. The molecule has 0 aromatic heterocycles. The van der Waals surface area contributed by atoms with E-state index in [1.54, 1.807) is 6.92 Å². The Kier molecular flexibility index (Phi) is 4.17. The molecule has 4 nitrogen and oxygen atoms in total. The summed E-state index contributed by atoms with van der Waals surface area (Å²) in [6.45, 7) is 2.01. The Labute approximate surface area is 89.0 Å². The highest BCUT2D eigenvalue weighted by molar-refractivity contribution is 5.93. The summed E-state index contributed by atoms with van der Waals surface area (Å²) in [6, 6.07) is 0. The fourth-order valence-corrected chi connectivity index (χ4v) is 1.99. The molecule has 1 fully saturated rings. The predicted octanol–water partition coefficient (Wildman–Crippen LogP) is 0.627. The number of carbonyl (C=O) groups excluding carboxylic acids is 1. The van der Waals surface area contributed by atoms with Gasteiger partial charge < -0.3 is 10.4 Å². The monoisotopic (exact) mass is 209 g/mol. The Balaban J connectivity index is 2.40. The molecule has 2 N–H and O–H groups in total. The first kappa shape index (κ1) is 11.6. The molecule has 1 amide bonds. The van der Waals surface area contributed by atoms with Crippen LogP contribution in [0.2, 0.25) is 0 Å². The summed E-state index contributed by atoms with van der Waals surface area (Å²) in [4.78, 5) is 21.9. The van der Waals surface area contributed by atoms with E-state index in [1.165, 1.54) is 0 Å². The molecule has 1 aliphatic rings. The summed E-state index contributed by atoms with van der Waals surface area (Å²) in [5, 5.41) is 11.5. The molecule has 0 aromatic carbocycles. The lowest BCUT2D eigenvalue weighted by atomic mass is 9.96. The van der Waals surface area contributed by atoms with Gasteiger partial charge in [0, 0.05) is 6.54 Å². The maximum atomic E-state index is 11.0. The molecule has 0 aliphatic heterocycles. The Morgan fingerprint density at radius 1 is 1.47 bits per heavy atom. The topological polar surface area (TPSA) is 66.4 Å². The number of amides is 1. The van der Waals surface area contributed by atoms with Gasteiger partial charge in [0.05, 0.1) is 5.92 Å². The minimum absolute atomic E-state index is 0.0603. The van der Waals surface area contributed by atoms with Crippen molar-refractivity contribution in [3.63, 3.8) is 0 Å². The summed E-state index contributed by atoms with van der Waals surface area (Å²) in [5.41, 5.74) is 0. The molecule has 0 bridgehead atoms. The largest absolute Gasteiger partial charge is 0.481 e. The fourth-order valence-electron chi connectivity index (χ4n) is 1.99. The van der Waals surface area contributed by atoms with Crippen molar-refractivity contribution in [1.82, 2.24) is 5.32 Å². The van der Waals surface area contributed by atoms with Crippen molar-refractivity contribution in [2.24, 2.45) is 11.8 Å². The Morgan fingerprint density at radius 2 is 2.20 bits per heavy atom. The van der Waals surface area contributed by atoms with Gasteiger partial charge in [-0.3, -0.25) is 9.59 Å². The van der Waals surface area contributed by atoms with Gasteiger partial charge in [-0.05, 0) is 31.6 Å². The third-order valence-electron chi connectivity index (χ3n) is 2.74. The van der Waals surface area contributed by atoms with Crippen molar-refractivity contribution in [3.05, 3.63) is 0 Å². The van der Waals surface area contributed by atoms with Crippen LogP contribution in [0.15, 0.2) is 0 Å². The van der Waals surface area contributed by atoms with Crippen molar-refractivity contribution in [2.45, 2.75) is 26.2 Å². The van der Waals surface area contributed by atoms with Crippen LogP contribution in [0.25, 0.3) is 0 Å². The van der Waals surface area contributed by atoms with Gasteiger partial charge in [0.2, 0.25) is 0 Å². The van der Waals surface area contributed by atoms with E-state index >= 15 is 0 Å². The molecule has 0 aromatic rings. The van der Waals surface area contributed by atoms with Crippen LogP contribution in [0, 0.1) is 23.7 Å². The lowest BCUT2D eigenvalue weighted by Gasteiger charge is -2.14. The van der Waals surface area contributed by atoms with Crippen LogP contribution in [0.4, 0.5) is 0 Å². The Bertz CT molecular complexity index is 314. The molecule has 0 radical (unpaired) electrons. The van der Waals surface area contributed by atoms with Crippen LogP contribution in [0.5, 0.6) is 0 Å². The summed E-state index contributed by atoms with van der Waals surface area (Å²) in [7, 11) is 0. The summed E-state index contributed by atoms with van der Waals surface area (Å²) in [6.07, 6.45) is 2.52. The zero-order valence-electron chi connectivity index (χ0n) is 8.75. The van der Waals surface area contributed by atoms with Crippen LogP contribution in [-0.2, 0) is 9.59 Å². The third kappa shape index (κ3) is 3.28. The second-order valence-corrected chi connectivity index (χ2v) is 3.72. The molecule has 0 spiro atoms. The lowest BCUT2D eigenvalue weighted by Crippen LogP contribution is -2.32. The number of hydrogen-bond donors (Lipinski definition) is 2. The molecule has 4 heteroatoms. The third-order valence-corrected chi connectivity index (χ3v) is 2.74. The van der Waals surface area contributed by atoms with E-state index in [0.29, 0.717) is 6.54 Å². The van der Waals surface area contributed by atoms with E-state index < -0.39 is 5.97 Å². The fraction of sp³-hybridized carbons (Fsp3) is 0.636. The number of carboxylic acids is 1. The Morgan fingerprint density at radius 3 is 2.80 bits per heavy atom. The molecule has 82 valence electrons. The van der Waals surface area contributed by atoms with Crippen LogP contribution in [0.1, 0.15) is 26.2 Å². The maximum Gasteiger partial charge on any atom is 0.306 e. The number of carboxylic acid groups (broad SMARTS) is 1. The van der Waals surface area contributed by atoms with E-state index in [9.17, 15) is 9.59 Å². The van der Waals surface area contributed by atoms with Gasteiger partial charge in [-0.25, -0.2) is 0 Å². The molecule has 1 rings (SSSR count). The zero-order chi connectivity index (χ0) is 11.3. The number of carbonyl (C=O) groups is 2. The Hall–Kier alpha value is -1.50. The normalized spacial score (nSPS) is 24.1. The first-order chi connectivity index (χ1) is 7.15. The van der Waals surface area contributed by atoms with Crippen molar-refractivity contribution >= 4 is 11.9 Å². The standard InChI is InChI=1S/C11H15NO3/c1-2-4-10(13)12-7-8-5-3-6-9(8)11(14)15/h8-9H,3,5-7H2,1H3,(H,12,13)(H,14,15). The highest BCUT2D eigenvalue weighted by Gasteiger charge is 2.32. The van der Waals surface area contributed by atoms with Crippen molar-refractivity contribution in [1.29, 1.82) is 0 Å². The SMILES string of the molecule is CC#CC(=O)NCC1CCCC1C(=O)O. The van der Waals surface area contributed by atoms with Gasteiger partial charge in [0.25, 0.3) is 5.91 Å².